The first-order chi connectivity index (χ1) is 9.06. The second-order valence-electron chi connectivity index (χ2n) is 3.89. The predicted octanol–water partition coefficient (Wildman–Crippen LogP) is 2.04. The second-order valence-corrected chi connectivity index (χ2v) is 5.03. The number of primary amides is 2. The maximum atomic E-state index is 11.1. The van der Waals surface area contributed by atoms with Crippen molar-refractivity contribution in [2.75, 3.05) is 0 Å². The molecule has 2 amide bonds. The van der Waals surface area contributed by atoms with Crippen molar-refractivity contribution in [1.29, 1.82) is 0 Å². The van der Waals surface area contributed by atoms with Crippen LogP contribution in [-0.2, 0) is 0 Å². The van der Waals surface area contributed by atoms with E-state index in [1.165, 1.54) is 11.8 Å². The zero-order valence-corrected chi connectivity index (χ0v) is 10.8. The molecule has 19 heavy (non-hydrogen) atoms. The Balaban J connectivity index is 2.26. The number of benzene rings is 2. The first-order valence-corrected chi connectivity index (χ1v) is 6.35. The molecule has 0 radical (unpaired) electrons. The van der Waals surface area contributed by atoms with Crippen molar-refractivity contribution in [2.24, 2.45) is 11.5 Å². The molecule has 4 N–H and O–H groups in total. The van der Waals surface area contributed by atoms with Crippen molar-refractivity contribution < 1.29 is 9.59 Å². The summed E-state index contributed by atoms with van der Waals surface area (Å²) in [6.45, 7) is 0. The lowest BCUT2D eigenvalue weighted by molar-refractivity contribution is 0.0991. The highest BCUT2D eigenvalue weighted by Gasteiger charge is 2.05. The van der Waals surface area contributed by atoms with Crippen LogP contribution in [0.5, 0.6) is 0 Å². The van der Waals surface area contributed by atoms with E-state index >= 15 is 0 Å². The molecule has 0 aliphatic rings. The van der Waals surface area contributed by atoms with Gasteiger partial charge < -0.3 is 11.5 Å². The monoisotopic (exact) mass is 272 g/mol. The summed E-state index contributed by atoms with van der Waals surface area (Å²) in [4.78, 5) is 23.9. The van der Waals surface area contributed by atoms with Gasteiger partial charge in [0.05, 0.1) is 0 Å². The molecule has 0 spiro atoms. The lowest BCUT2D eigenvalue weighted by atomic mass is 10.2. The van der Waals surface area contributed by atoms with Crippen molar-refractivity contribution in [2.45, 2.75) is 9.79 Å². The van der Waals surface area contributed by atoms with Gasteiger partial charge in [-0.05, 0) is 36.4 Å². The molecule has 96 valence electrons. The number of amides is 2. The molecule has 0 aliphatic carbocycles. The molecule has 2 aromatic rings. The van der Waals surface area contributed by atoms with E-state index in [1.807, 2.05) is 12.1 Å². The highest BCUT2D eigenvalue weighted by molar-refractivity contribution is 7.99. The van der Waals surface area contributed by atoms with Crippen LogP contribution in [0.1, 0.15) is 20.7 Å². The third-order valence-electron chi connectivity index (χ3n) is 2.47. The minimum Gasteiger partial charge on any atom is -0.366 e. The Morgan fingerprint density at radius 2 is 1.21 bits per heavy atom. The van der Waals surface area contributed by atoms with E-state index in [9.17, 15) is 9.59 Å². The number of hydrogen-bond donors (Lipinski definition) is 2. The molecule has 4 nitrogen and oxygen atoms in total. The third kappa shape index (κ3) is 3.35. The summed E-state index contributed by atoms with van der Waals surface area (Å²) in [7, 11) is 0. The van der Waals surface area contributed by atoms with Gasteiger partial charge in [-0.3, -0.25) is 9.59 Å². The van der Waals surface area contributed by atoms with Gasteiger partial charge in [0.15, 0.2) is 0 Å². The van der Waals surface area contributed by atoms with E-state index in [0.29, 0.717) is 11.1 Å². The number of nitrogens with two attached hydrogens (primary N) is 2. The molecule has 0 unspecified atom stereocenters. The van der Waals surface area contributed by atoms with Crippen molar-refractivity contribution in [3.05, 3.63) is 59.7 Å². The number of carbonyl (C=O) groups is 2. The summed E-state index contributed by atoms with van der Waals surface area (Å²) >= 11 is 1.44. The van der Waals surface area contributed by atoms with Gasteiger partial charge in [-0.1, -0.05) is 23.9 Å². The predicted molar refractivity (Wildman–Crippen MR) is 74.0 cm³/mol. The second kappa shape index (κ2) is 5.58. The van der Waals surface area contributed by atoms with Gasteiger partial charge in [-0.25, -0.2) is 0 Å². The lowest BCUT2D eigenvalue weighted by Gasteiger charge is -2.04. The van der Waals surface area contributed by atoms with E-state index in [2.05, 4.69) is 0 Å². The zero-order valence-electron chi connectivity index (χ0n) is 10.00. The molecular weight excluding hydrogens is 260 g/mol. The summed E-state index contributed by atoms with van der Waals surface area (Å²) in [6.07, 6.45) is 0. The Morgan fingerprint density at radius 3 is 1.58 bits per heavy atom. The van der Waals surface area contributed by atoms with E-state index in [4.69, 9.17) is 11.5 Å². The van der Waals surface area contributed by atoms with Crippen LogP contribution in [0, 0.1) is 0 Å². The van der Waals surface area contributed by atoms with E-state index in [1.54, 1.807) is 36.4 Å². The van der Waals surface area contributed by atoms with Crippen LogP contribution in [0.2, 0.25) is 0 Å². The molecule has 0 aliphatic heterocycles. The van der Waals surface area contributed by atoms with Crippen molar-refractivity contribution in [3.63, 3.8) is 0 Å². The third-order valence-corrected chi connectivity index (χ3v) is 3.45. The average molecular weight is 272 g/mol. The van der Waals surface area contributed by atoms with Crippen LogP contribution < -0.4 is 11.5 Å². The molecule has 5 heteroatoms. The Bertz CT molecular complexity index is 585. The lowest BCUT2D eigenvalue weighted by Crippen LogP contribution is -2.10. The largest absolute Gasteiger partial charge is 0.366 e. The summed E-state index contributed by atoms with van der Waals surface area (Å²) in [5.41, 5.74) is 11.4. The molecule has 0 fully saturated rings. The quantitative estimate of drug-likeness (QED) is 0.893. The van der Waals surface area contributed by atoms with Gasteiger partial charge >= 0.3 is 0 Å². The molecule has 0 heterocycles. The summed E-state index contributed by atoms with van der Waals surface area (Å²) in [5.74, 6) is -0.929. The van der Waals surface area contributed by atoms with Crippen LogP contribution in [0.3, 0.4) is 0 Å². The normalized spacial score (nSPS) is 10.1. The minimum atomic E-state index is -0.465. The van der Waals surface area contributed by atoms with E-state index in [0.717, 1.165) is 9.79 Å². The van der Waals surface area contributed by atoms with Crippen LogP contribution in [0.4, 0.5) is 0 Å². The fourth-order valence-corrected chi connectivity index (χ4v) is 2.50. The van der Waals surface area contributed by atoms with Gasteiger partial charge in [0.1, 0.15) is 0 Å². The number of carbonyl (C=O) groups excluding carboxylic acids is 2. The van der Waals surface area contributed by atoms with Gasteiger partial charge in [-0.2, -0.15) is 0 Å². The molecule has 2 aromatic carbocycles. The van der Waals surface area contributed by atoms with Crippen molar-refractivity contribution in [1.82, 2.24) is 0 Å². The van der Waals surface area contributed by atoms with Crippen LogP contribution in [0.25, 0.3) is 0 Å². The highest BCUT2D eigenvalue weighted by Crippen LogP contribution is 2.28. The van der Waals surface area contributed by atoms with Crippen molar-refractivity contribution >= 4 is 23.6 Å². The van der Waals surface area contributed by atoms with Crippen molar-refractivity contribution in [3.8, 4) is 0 Å². The van der Waals surface area contributed by atoms with E-state index < -0.39 is 11.8 Å². The Labute approximate surface area is 114 Å². The first-order valence-electron chi connectivity index (χ1n) is 5.54. The Kier molecular flexibility index (Phi) is 3.87. The van der Waals surface area contributed by atoms with Gasteiger partial charge in [0.2, 0.25) is 11.8 Å². The SMILES string of the molecule is NC(=O)c1cccc(Sc2cccc(C(N)=O)c2)c1. The smallest absolute Gasteiger partial charge is 0.248 e. The van der Waals surface area contributed by atoms with Crippen LogP contribution in [-0.4, -0.2) is 11.8 Å². The maximum absolute atomic E-state index is 11.1. The van der Waals surface area contributed by atoms with Crippen LogP contribution in [0.15, 0.2) is 58.3 Å². The van der Waals surface area contributed by atoms with Gasteiger partial charge in [-0.15, -0.1) is 0 Å². The first kappa shape index (κ1) is 13.2. The van der Waals surface area contributed by atoms with Crippen LogP contribution >= 0.6 is 11.8 Å². The zero-order chi connectivity index (χ0) is 13.8. The van der Waals surface area contributed by atoms with E-state index in [-0.39, 0.29) is 0 Å². The maximum Gasteiger partial charge on any atom is 0.248 e. The molecule has 0 aromatic heterocycles. The van der Waals surface area contributed by atoms with Gasteiger partial charge in [0, 0.05) is 20.9 Å². The summed E-state index contributed by atoms with van der Waals surface area (Å²) in [6, 6.07) is 14.0. The summed E-state index contributed by atoms with van der Waals surface area (Å²) in [5, 5.41) is 0. The fourth-order valence-electron chi connectivity index (χ4n) is 1.56. The summed E-state index contributed by atoms with van der Waals surface area (Å²) < 4.78 is 0. The number of hydrogen-bond acceptors (Lipinski definition) is 3. The molecule has 0 saturated heterocycles. The van der Waals surface area contributed by atoms with Gasteiger partial charge in [0.25, 0.3) is 0 Å². The fraction of sp³-hybridized carbons (Fsp3) is 0. The molecule has 0 bridgehead atoms. The molecule has 0 saturated carbocycles. The standard InChI is InChI=1S/C14H12N2O2S/c15-13(17)9-3-1-5-11(7-9)19-12-6-2-4-10(8-12)14(16)18/h1-8H,(H2,15,17)(H2,16,18). The number of rotatable bonds is 4. The highest BCUT2D eigenvalue weighted by atomic mass is 32.2. The topological polar surface area (TPSA) is 86.2 Å². The molecular formula is C14H12N2O2S. The Hall–Kier alpha value is -2.27. The molecule has 2 rings (SSSR count). The minimum absolute atomic E-state index is 0.455. The Morgan fingerprint density at radius 1 is 0.789 bits per heavy atom. The average Bonchev–Trinajstić information content (AvgIpc) is 2.39. The molecule has 0 atom stereocenters.